The van der Waals surface area contributed by atoms with Gasteiger partial charge in [-0.05, 0) is 80.9 Å². The van der Waals surface area contributed by atoms with E-state index in [4.69, 9.17) is 27.9 Å². The van der Waals surface area contributed by atoms with Crippen molar-refractivity contribution in [2.75, 3.05) is 0 Å². The van der Waals surface area contributed by atoms with Gasteiger partial charge in [0.15, 0.2) is 5.75 Å². The van der Waals surface area contributed by atoms with E-state index in [2.05, 4.69) is 33.1 Å². The molecule has 2 N–H and O–H groups in total. The van der Waals surface area contributed by atoms with Crippen LogP contribution < -0.4 is 10.2 Å². The van der Waals surface area contributed by atoms with Crippen molar-refractivity contribution in [2.24, 2.45) is 5.10 Å². The van der Waals surface area contributed by atoms with E-state index in [1.807, 2.05) is 48.5 Å². The number of fused-ring (bicyclic) bond motifs is 1. The molecule has 0 heterocycles. The number of ether oxygens (including phenoxy) is 1. The highest BCUT2D eigenvalue weighted by Crippen LogP contribution is 2.34. The van der Waals surface area contributed by atoms with Crippen molar-refractivity contribution >= 4 is 68.7 Å². The Balaban J connectivity index is 1.43. The minimum absolute atomic E-state index is 0.123. The highest BCUT2D eigenvalue weighted by atomic mass is 127. The lowest BCUT2D eigenvalue weighted by Gasteiger charge is -2.11. The molecule has 0 bridgehead atoms. The molecule has 4 rings (SSSR count). The fourth-order valence-electron chi connectivity index (χ4n) is 3.16. The van der Waals surface area contributed by atoms with Crippen LogP contribution >= 0.6 is 45.8 Å². The molecule has 0 spiro atoms. The molecule has 0 aliphatic heterocycles. The van der Waals surface area contributed by atoms with Crippen LogP contribution in [0.4, 0.5) is 0 Å². The van der Waals surface area contributed by atoms with Crippen LogP contribution in [0.3, 0.4) is 0 Å². The Morgan fingerprint density at radius 3 is 2.30 bits per heavy atom. The van der Waals surface area contributed by atoms with Gasteiger partial charge < -0.3 is 9.84 Å². The number of aromatic hydroxyl groups is 1. The number of rotatable bonds is 6. The highest BCUT2D eigenvalue weighted by molar-refractivity contribution is 14.1. The number of phenolic OH excluding ortho intramolecular Hbond substituents is 1. The van der Waals surface area contributed by atoms with Gasteiger partial charge in [0.05, 0.1) is 21.8 Å². The summed E-state index contributed by atoms with van der Waals surface area (Å²) in [4.78, 5) is 12.5. The topological polar surface area (TPSA) is 70.9 Å². The van der Waals surface area contributed by atoms with E-state index in [9.17, 15) is 9.90 Å². The predicted molar refractivity (Wildman–Crippen MR) is 141 cm³/mol. The third-order valence-electron chi connectivity index (χ3n) is 4.81. The lowest BCUT2D eigenvalue weighted by Crippen LogP contribution is -2.17. The standard InChI is InChI=1S/C25H17Cl2IN2O3/c26-21-9-16(10-22(27)24(21)33-14-15-5-7-19(28)8-6-15)13-29-30-25(32)20-11-17-3-1-2-4-18(17)12-23(20)31/h1-13,31H,14H2,(H,30,32). The number of carbonyl (C=O) groups is 1. The Kier molecular flexibility index (Phi) is 7.37. The van der Waals surface area contributed by atoms with Gasteiger partial charge in [0, 0.05) is 3.57 Å². The second-order valence-electron chi connectivity index (χ2n) is 7.14. The average molecular weight is 591 g/mol. The summed E-state index contributed by atoms with van der Waals surface area (Å²) in [6.45, 7) is 0.328. The molecule has 0 aromatic heterocycles. The number of phenols is 1. The molecular weight excluding hydrogens is 574 g/mol. The zero-order valence-corrected chi connectivity index (χ0v) is 20.7. The van der Waals surface area contributed by atoms with E-state index in [1.54, 1.807) is 24.3 Å². The molecule has 0 aliphatic carbocycles. The third-order valence-corrected chi connectivity index (χ3v) is 6.09. The molecule has 0 saturated heterocycles. The van der Waals surface area contributed by atoms with E-state index in [0.29, 0.717) is 28.0 Å². The maximum atomic E-state index is 12.5. The largest absolute Gasteiger partial charge is 0.507 e. The van der Waals surface area contributed by atoms with E-state index < -0.39 is 5.91 Å². The Morgan fingerprint density at radius 1 is 1.00 bits per heavy atom. The molecule has 0 radical (unpaired) electrons. The normalized spacial score (nSPS) is 11.1. The predicted octanol–water partition coefficient (Wildman–Crippen LogP) is 6.80. The molecular formula is C25H17Cl2IN2O3. The van der Waals surface area contributed by atoms with Crippen molar-refractivity contribution in [1.82, 2.24) is 5.43 Å². The van der Waals surface area contributed by atoms with E-state index >= 15 is 0 Å². The second-order valence-corrected chi connectivity index (χ2v) is 9.20. The van der Waals surface area contributed by atoms with Gasteiger partial charge in [0.1, 0.15) is 12.4 Å². The number of nitrogens with zero attached hydrogens (tertiary/aromatic N) is 1. The molecule has 0 saturated carbocycles. The van der Waals surface area contributed by atoms with E-state index in [1.165, 1.54) is 6.21 Å². The van der Waals surface area contributed by atoms with Crippen LogP contribution in [0.2, 0.25) is 10.0 Å². The number of hydrazone groups is 1. The van der Waals surface area contributed by atoms with Gasteiger partial charge >= 0.3 is 0 Å². The summed E-state index contributed by atoms with van der Waals surface area (Å²) in [6, 6.07) is 21.8. The molecule has 0 unspecified atom stereocenters. The average Bonchev–Trinajstić information content (AvgIpc) is 2.79. The van der Waals surface area contributed by atoms with Gasteiger partial charge in [-0.25, -0.2) is 5.43 Å². The van der Waals surface area contributed by atoms with Crippen LogP contribution in [0.15, 0.2) is 77.9 Å². The third kappa shape index (κ3) is 5.76. The maximum Gasteiger partial charge on any atom is 0.275 e. The van der Waals surface area contributed by atoms with Crippen LogP contribution in [0.5, 0.6) is 11.5 Å². The van der Waals surface area contributed by atoms with Crippen LogP contribution in [0.1, 0.15) is 21.5 Å². The van der Waals surface area contributed by atoms with Crippen LogP contribution in [-0.4, -0.2) is 17.2 Å². The summed E-state index contributed by atoms with van der Waals surface area (Å²) in [6.07, 6.45) is 1.41. The van der Waals surface area contributed by atoms with Crippen molar-refractivity contribution in [1.29, 1.82) is 0 Å². The monoisotopic (exact) mass is 590 g/mol. The Morgan fingerprint density at radius 2 is 1.64 bits per heavy atom. The molecule has 0 aliphatic rings. The number of carbonyl (C=O) groups excluding carboxylic acids is 1. The lowest BCUT2D eigenvalue weighted by molar-refractivity contribution is 0.0952. The van der Waals surface area contributed by atoms with Crippen LogP contribution in [0, 0.1) is 3.57 Å². The minimum atomic E-state index is -0.538. The number of nitrogens with one attached hydrogen (secondary N) is 1. The van der Waals surface area contributed by atoms with Crippen molar-refractivity contribution in [3.8, 4) is 11.5 Å². The highest BCUT2D eigenvalue weighted by Gasteiger charge is 2.13. The lowest BCUT2D eigenvalue weighted by atomic mass is 10.1. The minimum Gasteiger partial charge on any atom is -0.507 e. The fourth-order valence-corrected chi connectivity index (χ4v) is 4.14. The summed E-state index contributed by atoms with van der Waals surface area (Å²) in [5.74, 6) is -0.287. The molecule has 8 heteroatoms. The fraction of sp³-hybridized carbons (Fsp3) is 0.0400. The first-order chi connectivity index (χ1) is 15.9. The van der Waals surface area contributed by atoms with Crippen molar-refractivity contribution in [3.63, 3.8) is 0 Å². The van der Waals surface area contributed by atoms with Crippen molar-refractivity contribution in [3.05, 3.63) is 103 Å². The van der Waals surface area contributed by atoms with E-state index in [0.717, 1.165) is 19.9 Å². The number of hydrogen-bond acceptors (Lipinski definition) is 4. The SMILES string of the molecule is O=C(NN=Cc1cc(Cl)c(OCc2ccc(I)cc2)c(Cl)c1)c1cc2ccccc2cc1O. The molecule has 4 aromatic carbocycles. The summed E-state index contributed by atoms with van der Waals surface area (Å²) < 4.78 is 6.93. The Labute approximate surface area is 214 Å². The van der Waals surface area contributed by atoms with E-state index in [-0.39, 0.29) is 11.3 Å². The molecule has 0 fully saturated rings. The van der Waals surface area contributed by atoms with Crippen LogP contribution in [-0.2, 0) is 6.61 Å². The zero-order valence-electron chi connectivity index (χ0n) is 17.1. The van der Waals surface area contributed by atoms with Gasteiger partial charge in [0.25, 0.3) is 5.91 Å². The van der Waals surface area contributed by atoms with Gasteiger partial charge in [-0.15, -0.1) is 0 Å². The Hall–Kier alpha value is -2.81. The number of hydrogen-bond donors (Lipinski definition) is 2. The van der Waals surface area contributed by atoms with Crippen LogP contribution in [0.25, 0.3) is 10.8 Å². The van der Waals surface area contributed by atoms with Gasteiger partial charge in [-0.2, -0.15) is 5.10 Å². The maximum absolute atomic E-state index is 12.5. The number of halogens is 3. The first kappa shape index (κ1) is 23.4. The summed E-state index contributed by atoms with van der Waals surface area (Å²) >= 11 is 14.9. The molecule has 5 nitrogen and oxygen atoms in total. The summed E-state index contributed by atoms with van der Waals surface area (Å²) in [5.41, 5.74) is 4.11. The molecule has 33 heavy (non-hydrogen) atoms. The van der Waals surface area contributed by atoms with Crippen molar-refractivity contribution < 1.29 is 14.6 Å². The molecule has 4 aromatic rings. The molecule has 1 amide bonds. The smallest absolute Gasteiger partial charge is 0.275 e. The quantitative estimate of drug-likeness (QED) is 0.147. The van der Waals surface area contributed by atoms with Gasteiger partial charge in [-0.1, -0.05) is 59.6 Å². The first-order valence-electron chi connectivity index (χ1n) is 9.82. The second kappa shape index (κ2) is 10.4. The zero-order chi connectivity index (χ0) is 23.4. The number of amides is 1. The summed E-state index contributed by atoms with van der Waals surface area (Å²) in [7, 11) is 0. The van der Waals surface area contributed by atoms with Crippen molar-refractivity contribution in [2.45, 2.75) is 6.61 Å². The molecule has 166 valence electrons. The van der Waals surface area contributed by atoms with Gasteiger partial charge in [0.2, 0.25) is 0 Å². The number of benzene rings is 4. The summed E-state index contributed by atoms with van der Waals surface area (Å²) in [5, 5.41) is 16.5. The first-order valence-corrected chi connectivity index (χ1v) is 11.7. The Bertz CT molecular complexity index is 1330. The van der Waals surface area contributed by atoms with Gasteiger partial charge in [-0.3, -0.25) is 4.79 Å². The molecule has 0 atom stereocenters.